The van der Waals surface area contributed by atoms with E-state index in [0.29, 0.717) is 6.42 Å². The zero-order valence-corrected chi connectivity index (χ0v) is 10.3. The van der Waals surface area contributed by atoms with Crippen molar-refractivity contribution in [3.05, 3.63) is 47.8 Å². The van der Waals surface area contributed by atoms with E-state index in [2.05, 4.69) is 6.58 Å². The highest BCUT2D eigenvalue weighted by Crippen LogP contribution is 2.36. The summed E-state index contributed by atoms with van der Waals surface area (Å²) in [4.78, 5) is 0. The van der Waals surface area contributed by atoms with E-state index in [9.17, 15) is 17.6 Å². The quantitative estimate of drug-likeness (QED) is 0.649. The molecule has 1 atom stereocenters. The lowest BCUT2D eigenvalue weighted by Crippen LogP contribution is -2.19. The Morgan fingerprint density at radius 1 is 1.33 bits per heavy atom. The van der Waals surface area contributed by atoms with Crippen molar-refractivity contribution >= 4 is 12.4 Å². The van der Waals surface area contributed by atoms with Gasteiger partial charge in [-0.25, -0.2) is 4.39 Å². The molecule has 0 radical (unpaired) electrons. The maximum absolute atomic E-state index is 13.5. The lowest BCUT2D eigenvalue weighted by Gasteiger charge is -2.18. The Morgan fingerprint density at radius 2 is 1.94 bits per heavy atom. The van der Waals surface area contributed by atoms with E-state index in [1.807, 2.05) is 0 Å². The molecule has 0 bridgehead atoms. The Labute approximate surface area is 109 Å². The number of benzene rings is 1. The molecule has 0 aromatic heterocycles. The summed E-state index contributed by atoms with van der Waals surface area (Å²) in [6.45, 7) is 3.45. The molecular formula is C12H14ClF4N. The van der Waals surface area contributed by atoms with Gasteiger partial charge in [-0.1, -0.05) is 12.1 Å². The van der Waals surface area contributed by atoms with Crippen molar-refractivity contribution in [2.24, 2.45) is 5.73 Å². The van der Waals surface area contributed by atoms with Crippen LogP contribution in [0, 0.1) is 5.82 Å². The molecule has 0 heterocycles. The Hall–Kier alpha value is -1.07. The molecule has 0 fully saturated rings. The number of nitrogens with two attached hydrogens (primary N) is 1. The van der Waals surface area contributed by atoms with E-state index in [1.54, 1.807) is 0 Å². The number of hydrogen-bond acceptors (Lipinski definition) is 1. The van der Waals surface area contributed by atoms with Gasteiger partial charge in [0.1, 0.15) is 5.82 Å². The summed E-state index contributed by atoms with van der Waals surface area (Å²) in [5.41, 5.74) is 4.12. The monoisotopic (exact) mass is 283 g/mol. The first-order chi connectivity index (χ1) is 7.88. The van der Waals surface area contributed by atoms with Crippen molar-refractivity contribution in [2.45, 2.75) is 25.1 Å². The molecule has 1 aromatic rings. The van der Waals surface area contributed by atoms with E-state index in [0.717, 1.165) is 18.2 Å². The Balaban J connectivity index is 0.00000289. The van der Waals surface area contributed by atoms with Crippen LogP contribution >= 0.6 is 12.4 Å². The van der Waals surface area contributed by atoms with Crippen LogP contribution in [0.3, 0.4) is 0 Å². The Morgan fingerprint density at radius 3 is 2.44 bits per heavy atom. The lowest BCUT2D eigenvalue weighted by molar-refractivity contribution is -0.138. The van der Waals surface area contributed by atoms with Crippen LogP contribution in [0.2, 0.25) is 0 Å². The van der Waals surface area contributed by atoms with Crippen LogP contribution in [0.5, 0.6) is 0 Å². The van der Waals surface area contributed by atoms with Gasteiger partial charge in [-0.3, -0.25) is 0 Å². The van der Waals surface area contributed by atoms with E-state index < -0.39 is 29.2 Å². The zero-order valence-electron chi connectivity index (χ0n) is 9.51. The predicted octanol–water partition coefficient (Wildman–Crippen LogP) is 4.23. The van der Waals surface area contributed by atoms with Crippen molar-refractivity contribution in [1.82, 2.24) is 0 Å². The first-order valence-corrected chi connectivity index (χ1v) is 5.10. The van der Waals surface area contributed by atoms with Crippen molar-refractivity contribution in [3.63, 3.8) is 0 Å². The largest absolute Gasteiger partial charge is 0.416 e. The van der Waals surface area contributed by atoms with Crippen LogP contribution in [-0.2, 0) is 6.18 Å². The SMILES string of the molecule is C=CCC[C@H](N)c1c(F)cccc1C(F)(F)F.Cl. The molecule has 6 heteroatoms. The van der Waals surface area contributed by atoms with Gasteiger partial charge < -0.3 is 5.73 Å². The second-order valence-electron chi connectivity index (χ2n) is 3.67. The summed E-state index contributed by atoms with van der Waals surface area (Å²) >= 11 is 0. The molecule has 0 aliphatic carbocycles. The van der Waals surface area contributed by atoms with Crippen LogP contribution in [-0.4, -0.2) is 0 Å². The number of hydrogen-bond donors (Lipinski definition) is 1. The predicted molar refractivity (Wildman–Crippen MR) is 65.0 cm³/mol. The van der Waals surface area contributed by atoms with Gasteiger partial charge in [-0.15, -0.1) is 19.0 Å². The number of allylic oxidation sites excluding steroid dienone is 1. The van der Waals surface area contributed by atoms with Gasteiger partial charge in [0.2, 0.25) is 0 Å². The number of rotatable bonds is 4. The van der Waals surface area contributed by atoms with Gasteiger partial charge in [0.25, 0.3) is 0 Å². The molecule has 0 aliphatic heterocycles. The molecule has 2 N–H and O–H groups in total. The fraction of sp³-hybridized carbons (Fsp3) is 0.333. The average Bonchev–Trinajstić information content (AvgIpc) is 2.24. The average molecular weight is 284 g/mol. The molecule has 0 unspecified atom stereocenters. The maximum Gasteiger partial charge on any atom is 0.416 e. The molecule has 0 saturated heterocycles. The molecule has 18 heavy (non-hydrogen) atoms. The van der Waals surface area contributed by atoms with E-state index >= 15 is 0 Å². The highest BCUT2D eigenvalue weighted by Gasteiger charge is 2.35. The molecule has 0 spiro atoms. The highest BCUT2D eigenvalue weighted by molar-refractivity contribution is 5.85. The van der Waals surface area contributed by atoms with Gasteiger partial charge in [0.15, 0.2) is 0 Å². The molecule has 1 rings (SSSR count). The summed E-state index contributed by atoms with van der Waals surface area (Å²) in [6, 6.07) is 1.87. The first-order valence-electron chi connectivity index (χ1n) is 5.10. The fourth-order valence-corrected chi connectivity index (χ4v) is 1.60. The van der Waals surface area contributed by atoms with Crippen LogP contribution in [0.25, 0.3) is 0 Å². The smallest absolute Gasteiger partial charge is 0.324 e. The van der Waals surface area contributed by atoms with Crippen molar-refractivity contribution < 1.29 is 17.6 Å². The minimum absolute atomic E-state index is 0. The third-order valence-electron chi connectivity index (χ3n) is 2.41. The third-order valence-corrected chi connectivity index (χ3v) is 2.41. The summed E-state index contributed by atoms with van der Waals surface area (Å²) in [5.74, 6) is -0.920. The zero-order chi connectivity index (χ0) is 13.1. The molecule has 0 saturated carbocycles. The summed E-state index contributed by atoms with van der Waals surface area (Å²) in [7, 11) is 0. The summed E-state index contributed by atoms with van der Waals surface area (Å²) < 4.78 is 51.5. The van der Waals surface area contributed by atoms with Crippen molar-refractivity contribution in [3.8, 4) is 0 Å². The normalized spacial score (nSPS) is 12.7. The second-order valence-corrected chi connectivity index (χ2v) is 3.67. The molecular weight excluding hydrogens is 270 g/mol. The van der Waals surface area contributed by atoms with Gasteiger partial charge in [-0.2, -0.15) is 13.2 Å². The van der Waals surface area contributed by atoms with Gasteiger partial charge in [-0.05, 0) is 25.0 Å². The Bertz CT molecular complexity index is 404. The van der Waals surface area contributed by atoms with E-state index in [4.69, 9.17) is 5.73 Å². The Kier molecular flexibility index (Phi) is 6.35. The van der Waals surface area contributed by atoms with Gasteiger partial charge >= 0.3 is 6.18 Å². The molecule has 0 aliphatic rings. The standard InChI is InChI=1S/C12H13F4N.ClH/c1-2-3-7-10(17)11-8(12(14,15)16)5-4-6-9(11)13;/h2,4-6,10H,1,3,7,17H2;1H/t10-;/m0./s1. The first kappa shape index (κ1) is 16.9. The minimum Gasteiger partial charge on any atom is -0.324 e. The lowest BCUT2D eigenvalue weighted by atomic mass is 9.96. The van der Waals surface area contributed by atoms with Crippen molar-refractivity contribution in [2.75, 3.05) is 0 Å². The van der Waals surface area contributed by atoms with E-state index in [-0.39, 0.29) is 18.8 Å². The highest BCUT2D eigenvalue weighted by atomic mass is 35.5. The molecule has 0 amide bonds. The minimum atomic E-state index is -4.59. The molecule has 102 valence electrons. The molecule has 1 aromatic carbocycles. The second kappa shape index (κ2) is 6.75. The van der Waals surface area contributed by atoms with Crippen LogP contribution in [0.4, 0.5) is 17.6 Å². The van der Waals surface area contributed by atoms with Crippen LogP contribution in [0.1, 0.15) is 30.0 Å². The third kappa shape index (κ3) is 3.99. The van der Waals surface area contributed by atoms with Gasteiger partial charge in [0, 0.05) is 11.6 Å². The maximum atomic E-state index is 13.5. The fourth-order valence-electron chi connectivity index (χ4n) is 1.60. The number of halogens is 5. The summed E-state index contributed by atoms with van der Waals surface area (Å²) in [5, 5.41) is 0. The van der Waals surface area contributed by atoms with Gasteiger partial charge in [0.05, 0.1) is 5.56 Å². The van der Waals surface area contributed by atoms with Crippen LogP contribution < -0.4 is 5.73 Å². The van der Waals surface area contributed by atoms with E-state index in [1.165, 1.54) is 6.08 Å². The van der Waals surface area contributed by atoms with Crippen molar-refractivity contribution in [1.29, 1.82) is 0 Å². The topological polar surface area (TPSA) is 26.0 Å². The summed E-state index contributed by atoms with van der Waals surface area (Å²) in [6.07, 6.45) is -2.39. The molecule has 1 nitrogen and oxygen atoms in total. The van der Waals surface area contributed by atoms with Crippen LogP contribution in [0.15, 0.2) is 30.9 Å². The number of alkyl halides is 3.